The Labute approximate surface area is 76.8 Å². The molecule has 0 bridgehead atoms. The normalized spacial score (nSPS) is 32.2. The minimum absolute atomic E-state index is 0.129. The van der Waals surface area contributed by atoms with Crippen LogP contribution in [0.2, 0.25) is 0 Å². The third kappa shape index (κ3) is 1.62. The highest BCUT2D eigenvalue weighted by atomic mass is 16.7. The number of aliphatic hydroxyl groups excluding tert-OH is 2. The highest BCUT2D eigenvalue weighted by Crippen LogP contribution is 2.33. The van der Waals surface area contributed by atoms with Crippen LogP contribution in [0.1, 0.15) is 12.8 Å². The summed E-state index contributed by atoms with van der Waals surface area (Å²) in [7, 11) is 0. The van der Waals surface area contributed by atoms with E-state index in [-0.39, 0.29) is 6.61 Å². The molecule has 4 heteroatoms. The molecule has 1 atom stereocenters. The van der Waals surface area contributed by atoms with Crippen LogP contribution in [0.4, 0.5) is 0 Å². The fourth-order valence-corrected chi connectivity index (χ4v) is 1.82. The van der Waals surface area contributed by atoms with Crippen molar-refractivity contribution in [1.29, 1.82) is 0 Å². The van der Waals surface area contributed by atoms with E-state index in [2.05, 4.69) is 0 Å². The van der Waals surface area contributed by atoms with Gasteiger partial charge in [0, 0.05) is 6.42 Å². The van der Waals surface area contributed by atoms with Crippen molar-refractivity contribution >= 4 is 0 Å². The van der Waals surface area contributed by atoms with Gasteiger partial charge in [-0.05, 0) is 18.1 Å². The predicted octanol–water partition coefficient (Wildman–Crippen LogP) is -0.197. The summed E-state index contributed by atoms with van der Waals surface area (Å²) in [6.07, 6.45) is 2.43. The Bertz CT molecular complexity index is 218. The first-order chi connectivity index (χ1) is 6.26. The van der Waals surface area contributed by atoms with Gasteiger partial charge in [-0.3, -0.25) is 0 Å². The lowest BCUT2D eigenvalue weighted by Gasteiger charge is -2.31. The first-order valence-electron chi connectivity index (χ1n) is 4.54. The second-order valence-corrected chi connectivity index (χ2v) is 3.44. The van der Waals surface area contributed by atoms with Gasteiger partial charge in [0.25, 0.3) is 0 Å². The molecule has 4 nitrogen and oxygen atoms in total. The molecule has 2 aliphatic rings. The smallest absolute Gasteiger partial charge is 0.188 e. The van der Waals surface area contributed by atoms with E-state index in [1.165, 1.54) is 0 Å². The van der Waals surface area contributed by atoms with Crippen LogP contribution < -0.4 is 0 Å². The molecule has 2 rings (SSSR count). The third-order valence-electron chi connectivity index (χ3n) is 2.56. The maximum absolute atomic E-state index is 9.47. The summed E-state index contributed by atoms with van der Waals surface area (Å²) in [4.78, 5) is 0. The van der Waals surface area contributed by atoms with Gasteiger partial charge in [0.2, 0.25) is 0 Å². The molecular weight excluding hydrogens is 172 g/mol. The van der Waals surface area contributed by atoms with E-state index in [1.54, 1.807) is 6.08 Å². The van der Waals surface area contributed by atoms with Crippen LogP contribution in [-0.4, -0.2) is 41.9 Å². The zero-order valence-electron chi connectivity index (χ0n) is 7.40. The summed E-state index contributed by atoms with van der Waals surface area (Å²) in [5.74, 6) is -0.655. The second-order valence-electron chi connectivity index (χ2n) is 3.44. The molecule has 2 N–H and O–H groups in total. The Kier molecular flexibility index (Phi) is 2.38. The minimum Gasteiger partial charge on any atom is -0.392 e. The van der Waals surface area contributed by atoms with Gasteiger partial charge in [-0.25, -0.2) is 0 Å². The molecule has 0 saturated carbocycles. The molecular formula is C9H14O4. The van der Waals surface area contributed by atoms with Crippen LogP contribution in [0.25, 0.3) is 0 Å². The van der Waals surface area contributed by atoms with E-state index in [0.29, 0.717) is 31.6 Å². The lowest BCUT2D eigenvalue weighted by molar-refractivity contribution is -0.132. The van der Waals surface area contributed by atoms with E-state index >= 15 is 0 Å². The number of aliphatic hydroxyl groups is 2. The van der Waals surface area contributed by atoms with E-state index < -0.39 is 11.9 Å². The standard InChI is InChI=1S/C9H14O4/c10-6-7-5-9(2-1-8(7)11)12-3-4-13-9/h5,8,10-11H,1-4,6H2/t8-/m1/s1. The van der Waals surface area contributed by atoms with Crippen molar-refractivity contribution in [3.8, 4) is 0 Å². The van der Waals surface area contributed by atoms with E-state index in [0.717, 1.165) is 0 Å². The average molecular weight is 186 g/mol. The Morgan fingerprint density at radius 2 is 2.15 bits per heavy atom. The van der Waals surface area contributed by atoms with E-state index in [9.17, 15) is 5.11 Å². The van der Waals surface area contributed by atoms with Crippen LogP contribution in [0, 0.1) is 0 Å². The van der Waals surface area contributed by atoms with Gasteiger partial charge < -0.3 is 19.7 Å². The summed E-state index contributed by atoms with van der Waals surface area (Å²) in [5, 5.41) is 18.4. The molecule has 1 aliphatic heterocycles. The summed E-state index contributed by atoms with van der Waals surface area (Å²) in [5.41, 5.74) is 0.605. The first-order valence-corrected chi connectivity index (χ1v) is 4.54. The zero-order valence-corrected chi connectivity index (χ0v) is 7.40. The highest BCUT2D eigenvalue weighted by molar-refractivity contribution is 5.18. The van der Waals surface area contributed by atoms with Gasteiger partial charge in [0.1, 0.15) is 0 Å². The summed E-state index contributed by atoms with van der Waals surface area (Å²) in [6.45, 7) is 1.05. The van der Waals surface area contributed by atoms with Crippen molar-refractivity contribution in [2.75, 3.05) is 19.8 Å². The van der Waals surface area contributed by atoms with Crippen molar-refractivity contribution in [3.63, 3.8) is 0 Å². The van der Waals surface area contributed by atoms with Gasteiger partial charge in [0.15, 0.2) is 5.79 Å². The summed E-state index contributed by atoms with van der Waals surface area (Å²) in [6, 6.07) is 0. The highest BCUT2D eigenvalue weighted by Gasteiger charge is 2.38. The number of hydrogen-bond donors (Lipinski definition) is 2. The van der Waals surface area contributed by atoms with Gasteiger partial charge in [0.05, 0.1) is 25.9 Å². The van der Waals surface area contributed by atoms with Gasteiger partial charge in [-0.2, -0.15) is 0 Å². The van der Waals surface area contributed by atoms with Crippen molar-refractivity contribution in [2.45, 2.75) is 24.7 Å². The Balaban J connectivity index is 2.19. The topological polar surface area (TPSA) is 58.9 Å². The summed E-state index contributed by atoms with van der Waals surface area (Å²) < 4.78 is 10.9. The molecule has 13 heavy (non-hydrogen) atoms. The average Bonchev–Trinajstić information content (AvgIpc) is 2.59. The van der Waals surface area contributed by atoms with Crippen molar-refractivity contribution < 1.29 is 19.7 Å². The monoisotopic (exact) mass is 186 g/mol. The van der Waals surface area contributed by atoms with Crippen molar-refractivity contribution in [2.24, 2.45) is 0 Å². The molecule has 0 amide bonds. The van der Waals surface area contributed by atoms with Gasteiger partial charge in [-0.15, -0.1) is 0 Å². The van der Waals surface area contributed by atoms with Crippen LogP contribution in [0.15, 0.2) is 11.6 Å². The maximum atomic E-state index is 9.47. The van der Waals surface area contributed by atoms with Gasteiger partial charge >= 0.3 is 0 Å². The number of hydrogen-bond acceptors (Lipinski definition) is 4. The first kappa shape index (κ1) is 9.15. The quantitative estimate of drug-likeness (QED) is 0.557. The SMILES string of the molecule is OCC1=CC2(CC[C@H]1O)OCCO2. The number of ether oxygens (including phenoxy) is 2. The van der Waals surface area contributed by atoms with E-state index in [4.69, 9.17) is 14.6 Å². The lowest BCUT2D eigenvalue weighted by Crippen LogP contribution is -2.35. The van der Waals surface area contributed by atoms with Gasteiger partial charge in [-0.1, -0.05) is 0 Å². The fourth-order valence-electron chi connectivity index (χ4n) is 1.82. The molecule has 0 aromatic heterocycles. The lowest BCUT2D eigenvalue weighted by atomic mass is 9.92. The second kappa shape index (κ2) is 3.38. The molecule has 1 spiro atoms. The van der Waals surface area contributed by atoms with Crippen LogP contribution in [-0.2, 0) is 9.47 Å². The fraction of sp³-hybridized carbons (Fsp3) is 0.778. The number of rotatable bonds is 1. The van der Waals surface area contributed by atoms with Crippen LogP contribution in [0.5, 0.6) is 0 Å². The maximum Gasteiger partial charge on any atom is 0.188 e. The largest absolute Gasteiger partial charge is 0.392 e. The molecule has 1 heterocycles. The third-order valence-corrected chi connectivity index (χ3v) is 2.56. The molecule has 1 aliphatic carbocycles. The van der Waals surface area contributed by atoms with Crippen molar-refractivity contribution in [1.82, 2.24) is 0 Å². The van der Waals surface area contributed by atoms with Crippen LogP contribution >= 0.6 is 0 Å². The van der Waals surface area contributed by atoms with Crippen molar-refractivity contribution in [3.05, 3.63) is 11.6 Å². The van der Waals surface area contributed by atoms with Crippen LogP contribution in [0.3, 0.4) is 0 Å². The zero-order chi connectivity index (χ0) is 9.31. The Hall–Kier alpha value is -0.420. The molecule has 0 radical (unpaired) electrons. The molecule has 0 aromatic rings. The molecule has 1 fully saturated rings. The Morgan fingerprint density at radius 1 is 1.46 bits per heavy atom. The predicted molar refractivity (Wildman–Crippen MR) is 45.0 cm³/mol. The molecule has 0 unspecified atom stereocenters. The molecule has 74 valence electrons. The Morgan fingerprint density at radius 3 is 2.77 bits per heavy atom. The molecule has 0 aromatic carbocycles. The van der Waals surface area contributed by atoms with E-state index in [1.807, 2.05) is 0 Å². The summed E-state index contributed by atoms with van der Waals surface area (Å²) >= 11 is 0. The minimum atomic E-state index is -0.655. The molecule has 1 saturated heterocycles.